The number of carbonyl (C=O) groups is 1. The summed E-state index contributed by atoms with van der Waals surface area (Å²) in [5.74, 6) is 0.0650. The molecule has 0 aliphatic rings. The molecule has 100 valence electrons. The molecule has 2 aromatic rings. The largest absolute Gasteiger partial charge is 0.426 e. The molecule has 4 nitrogen and oxygen atoms in total. The van der Waals surface area contributed by atoms with Crippen molar-refractivity contribution < 1.29 is 13.9 Å². The van der Waals surface area contributed by atoms with Gasteiger partial charge in [0.15, 0.2) is 0 Å². The van der Waals surface area contributed by atoms with Crippen LogP contribution in [0.4, 0.5) is 0 Å². The summed E-state index contributed by atoms with van der Waals surface area (Å²) < 4.78 is 10.4. The smallest absolute Gasteiger partial charge is 0.336 e. The van der Waals surface area contributed by atoms with Crippen LogP contribution in [-0.4, -0.2) is 5.97 Å². The molecule has 1 heterocycles. The van der Waals surface area contributed by atoms with Crippen LogP contribution in [0.15, 0.2) is 27.4 Å². The van der Waals surface area contributed by atoms with Gasteiger partial charge >= 0.3 is 11.6 Å². The molecule has 0 amide bonds. The number of carbonyl (C=O) groups excluding carboxylic acids is 1. The molecule has 1 aromatic carbocycles. The maximum absolute atomic E-state index is 11.5. The molecule has 1 aromatic heterocycles. The molecule has 0 aliphatic heterocycles. The lowest BCUT2D eigenvalue weighted by Crippen LogP contribution is -2.06. The minimum absolute atomic E-state index is 0.379. The van der Waals surface area contributed by atoms with E-state index in [1.165, 1.54) is 13.0 Å². The van der Waals surface area contributed by atoms with Crippen molar-refractivity contribution in [3.05, 3.63) is 39.7 Å². The number of ether oxygens (including phenoxy) is 1. The van der Waals surface area contributed by atoms with Gasteiger partial charge in [-0.2, -0.15) is 0 Å². The van der Waals surface area contributed by atoms with Crippen LogP contribution in [0.1, 0.15) is 31.4 Å². The summed E-state index contributed by atoms with van der Waals surface area (Å²) in [5.41, 5.74) is 1.81. The molecular formula is C15H16O4. The van der Waals surface area contributed by atoms with Gasteiger partial charge in [0.05, 0.1) is 5.39 Å². The molecule has 0 radical (unpaired) electrons. The van der Waals surface area contributed by atoms with Crippen LogP contribution in [-0.2, 0) is 11.2 Å². The van der Waals surface area contributed by atoms with E-state index in [0.717, 1.165) is 24.0 Å². The minimum Gasteiger partial charge on any atom is -0.426 e. The fraction of sp³-hybridized carbons (Fsp3) is 0.333. The number of aryl methyl sites for hydroxylation is 2. The minimum atomic E-state index is -0.388. The molecule has 0 N–H and O–H groups in total. The summed E-state index contributed by atoms with van der Waals surface area (Å²) in [6, 6.07) is 5.03. The average Bonchev–Trinajstić information content (AvgIpc) is 2.26. The van der Waals surface area contributed by atoms with Crippen molar-refractivity contribution in [3.8, 4) is 5.75 Å². The Bertz CT molecular complexity index is 682. The highest BCUT2D eigenvalue weighted by atomic mass is 16.5. The number of hydrogen-bond donors (Lipinski definition) is 0. The van der Waals surface area contributed by atoms with Gasteiger partial charge in [-0.1, -0.05) is 13.3 Å². The maximum Gasteiger partial charge on any atom is 0.336 e. The molecule has 0 unspecified atom stereocenters. The molecule has 19 heavy (non-hydrogen) atoms. The van der Waals surface area contributed by atoms with E-state index >= 15 is 0 Å². The topological polar surface area (TPSA) is 56.5 Å². The second kappa shape index (κ2) is 5.26. The highest BCUT2D eigenvalue weighted by Gasteiger charge is 2.13. The molecule has 0 fully saturated rings. The van der Waals surface area contributed by atoms with Crippen molar-refractivity contribution in [1.82, 2.24) is 0 Å². The molecule has 0 aliphatic carbocycles. The van der Waals surface area contributed by atoms with E-state index < -0.39 is 0 Å². The summed E-state index contributed by atoms with van der Waals surface area (Å²) in [4.78, 5) is 22.7. The monoisotopic (exact) mass is 260 g/mol. The van der Waals surface area contributed by atoms with Gasteiger partial charge in [-0.25, -0.2) is 4.79 Å². The summed E-state index contributed by atoms with van der Waals surface area (Å²) >= 11 is 0. The third-order valence-electron chi connectivity index (χ3n) is 2.81. The molecule has 2 rings (SSSR count). The Morgan fingerprint density at radius 2 is 2.05 bits per heavy atom. The fourth-order valence-electron chi connectivity index (χ4n) is 2.17. The molecule has 0 atom stereocenters. The van der Waals surface area contributed by atoms with Gasteiger partial charge in [-0.05, 0) is 36.6 Å². The first-order valence-corrected chi connectivity index (χ1v) is 6.27. The molecule has 4 heteroatoms. The third-order valence-corrected chi connectivity index (χ3v) is 2.81. The Morgan fingerprint density at radius 1 is 1.32 bits per heavy atom. The Kier molecular flexibility index (Phi) is 3.69. The summed E-state index contributed by atoms with van der Waals surface area (Å²) in [6.07, 6.45) is 1.63. The SMILES string of the molecule is CCCc1cc(=O)oc2cc(C)cc(OC(C)=O)c12. The zero-order valence-electron chi connectivity index (χ0n) is 11.3. The van der Waals surface area contributed by atoms with E-state index in [0.29, 0.717) is 16.7 Å². The van der Waals surface area contributed by atoms with Gasteiger partial charge in [0.25, 0.3) is 0 Å². The van der Waals surface area contributed by atoms with Gasteiger partial charge in [0.2, 0.25) is 0 Å². The molecule has 0 saturated carbocycles. The van der Waals surface area contributed by atoms with Crippen molar-refractivity contribution in [2.75, 3.05) is 0 Å². The molecule has 0 spiro atoms. The normalized spacial score (nSPS) is 10.7. The van der Waals surface area contributed by atoms with Crippen LogP contribution in [0.5, 0.6) is 5.75 Å². The lowest BCUT2D eigenvalue weighted by atomic mass is 10.0. The van der Waals surface area contributed by atoms with E-state index in [1.54, 1.807) is 12.1 Å². The predicted molar refractivity (Wildman–Crippen MR) is 72.5 cm³/mol. The quantitative estimate of drug-likeness (QED) is 0.483. The second-order valence-electron chi connectivity index (χ2n) is 4.57. The van der Waals surface area contributed by atoms with Crippen molar-refractivity contribution in [2.45, 2.75) is 33.6 Å². The Morgan fingerprint density at radius 3 is 2.68 bits per heavy atom. The number of hydrogen-bond acceptors (Lipinski definition) is 4. The number of esters is 1. The van der Waals surface area contributed by atoms with Crippen molar-refractivity contribution in [1.29, 1.82) is 0 Å². The van der Waals surface area contributed by atoms with Crippen molar-refractivity contribution in [3.63, 3.8) is 0 Å². The highest BCUT2D eigenvalue weighted by molar-refractivity contribution is 5.89. The zero-order chi connectivity index (χ0) is 14.0. The van der Waals surface area contributed by atoms with E-state index in [-0.39, 0.29) is 11.6 Å². The zero-order valence-corrected chi connectivity index (χ0v) is 11.3. The van der Waals surface area contributed by atoms with Gasteiger partial charge in [-0.3, -0.25) is 4.79 Å². The van der Waals surface area contributed by atoms with Gasteiger partial charge in [0, 0.05) is 13.0 Å². The molecule has 0 saturated heterocycles. The van der Waals surface area contributed by atoms with Gasteiger partial charge in [-0.15, -0.1) is 0 Å². The highest BCUT2D eigenvalue weighted by Crippen LogP contribution is 2.30. The Hall–Kier alpha value is -2.10. The van der Waals surface area contributed by atoms with Gasteiger partial charge < -0.3 is 9.15 Å². The van der Waals surface area contributed by atoms with Crippen molar-refractivity contribution >= 4 is 16.9 Å². The number of rotatable bonds is 3. The first-order valence-electron chi connectivity index (χ1n) is 6.27. The van der Waals surface area contributed by atoms with E-state index in [2.05, 4.69) is 0 Å². The summed E-state index contributed by atoms with van der Waals surface area (Å²) in [5, 5.41) is 0.710. The Balaban J connectivity index is 2.78. The predicted octanol–water partition coefficient (Wildman–Crippen LogP) is 2.98. The van der Waals surface area contributed by atoms with E-state index in [1.807, 2.05) is 13.8 Å². The molecular weight excluding hydrogens is 244 g/mol. The van der Waals surface area contributed by atoms with E-state index in [9.17, 15) is 9.59 Å². The van der Waals surface area contributed by atoms with Crippen LogP contribution in [0.3, 0.4) is 0 Å². The standard InChI is InChI=1S/C15H16O4/c1-4-5-11-8-14(17)19-13-7-9(2)6-12(15(11)13)18-10(3)16/h6-8H,4-5H2,1-3H3. The van der Waals surface area contributed by atoms with Crippen LogP contribution >= 0.6 is 0 Å². The summed E-state index contributed by atoms with van der Waals surface area (Å²) in [7, 11) is 0. The first-order chi connectivity index (χ1) is 9.01. The molecule has 0 bridgehead atoms. The Labute approximate surface area is 111 Å². The van der Waals surface area contributed by atoms with Crippen LogP contribution in [0.2, 0.25) is 0 Å². The third kappa shape index (κ3) is 2.84. The van der Waals surface area contributed by atoms with E-state index in [4.69, 9.17) is 9.15 Å². The number of fused-ring (bicyclic) bond motifs is 1. The lowest BCUT2D eigenvalue weighted by Gasteiger charge is -2.10. The van der Waals surface area contributed by atoms with Crippen LogP contribution in [0, 0.1) is 6.92 Å². The number of benzene rings is 1. The van der Waals surface area contributed by atoms with Crippen LogP contribution < -0.4 is 10.4 Å². The summed E-state index contributed by atoms with van der Waals surface area (Å²) in [6.45, 7) is 5.24. The fourth-order valence-corrected chi connectivity index (χ4v) is 2.17. The van der Waals surface area contributed by atoms with Gasteiger partial charge in [0.1, 0.15) is 11.3 Å². The average molecular weight is 260 g/mol. The van der Waals surface area contributed by atoms with Crippen molar-refractivity contribution in [2.24, 2.45) is 0 Å². The second-order valence-corrected chi connectivity index (χ2v) is 4.57. The first kappa shape index (κ1) is 13.3. The maximum atomic E-state index is 11.5. The van der Waals surface area contributed by atoms with Crippen LogP contribution in [0.25, 0.3) is 11.0 Å². The lowest BCUT2D eigenvalue weighted by molar-refractivity contribution is -0.131.